The molecular formula is C16H13FN2. The van der Waals surface area contributed by atoms with Crippen molar-refractivity contribution in [3.05, 3.63) is 66.0 Å². The van der Waals surface area contributed by atoms with Crippen LogP contribution in [0.1, 0.15) is 5.56 Å². The van der Waals surface area contributed by atoms with Crippen LogP contribution < -0.4 is 5.73 Å². The number of benzene rings is 2. The molecule has 0 saturated carbocycles. The van der Waals surface area contributed by atoms with Gasteiger partial charge in [0.25, 0.3) is 0 Å². The number of rotatable bonds is 2. The fraction of sp³-hybridized carbons (Fsp3) is 0.0625. The summed E-state index contributed by atoms with van der Waals surface area (Å²) in [4.78, 5) is 4.46. The van der Waals surface area contributed by atoms with Crippen LogP contribution in [0.3, 0.4) is 0 Å². The molecule has 0 bridgehead atoms. The van der Waals surface area contributed by atoms with Gasteiger partial charge in [-0.3, -0.25) is 0 Å². The second kappa shape index (κ2) is 4.78. The zero-order valence-electron chi connectivity index (χ0n) is 10.3. The molecule has 1 heterocycles. The third-order valence-electron chi connectivity index (χ3n) is 3.14. The van der Waals surface area contributed by atoms with E-state index in [0.29, 0.717) is 12.1 Å². The normalized spacial score (nSPS) is 10.8. The smallest absolute Gasteiger partial charge is 0.149 e. The molecule has 0 atom stereocenters. The van der Waals surface area contributed by atoms with Crippen molar-refractivity contribution in [2.45, 2.75) is 6.54 Å². The Bertz CT molecular complexity index is 723. The van der Waals surface area contributed by atoms with Gasteiger partial charge in [-0.05, 0) is 17.7 Å². The zero-order chi connectivity index (χ0) is 13.2. The molecule has 1 aromatic heterocycles. The van der Waals surface area contributed by atoms with E-state index in [0.717, 1.165) is 22.2 Å². The molecule has 0 unspecified atom stereocenters. The van der Waals surface area contributed by atoms with Gasteiger partial charge < -0.3 is 5.73 Å². The highest BCUT2D eigenvalue weighted by Gasteiger charge is 2.10. The average molecular weight is 252 g/mol. The van der Waals surface area contributed by atoms with Crippen molar-refractivity contribution in [2.75, 3.05) is 0 Å². The lowest BCUT2D eigenvalue weighted by molar-refractivity contribution is 0.637. The summed E-state index contributed by atoms with van der Waals surface area (Å²) in [5.41, 5.74) is 8.79. The number of nitrogens with two attached hydrogens (primary N) is 1. The first-order valence-corrected chi connectivity index (χ1v) is 6.13. The molecule has 2 aromatic carbocycles. The summed E-state index contributed by atoms with van der Waals surface area (Å²) < 4.78 is 13.8. The maximum Gasteiger partial charge on any atom is 0.149 e. The Morgan fingerprint density at radius 1 is 1.00 bits per heavy atom. The number of hydrogen-bond acceptors (Lipinski definition) is 2. The molecule has 2 N–H and O–H groups in total. The highest BCUT2D eigenvalue weighted by molar-refractivity contribution is 5.83. The Morgan fingerprint density at radius 3 is 2.53 bits per heavy atom. The molecule has 94 valence electrons. The van der Waals surface area contributed by atoms with Crippen LogP contribution in [0.25, 0.3) is 22.2 Å². The lowest BCUT2D eigenvalue weighted by atomic mass is 10.0. The number of nitrogens with zero attached hydrogens (tertiary/aromatic N) is 1. The Balaban J connectivity index is 2.32. The average Bonchev–Trinajstić information content (AvgIpc) is 2.47. The molecular weight excluding hydrogens is 239 g/mol. The van der Waals surface area contributed by atoms with Crippen LogP contribution >= 0.6 is 0 Å². The molecule has 0 aliphatic heterocycles. The van der Waals surface area contributed by atoms with Crippen molar-refractivity contribution >= 4 is 10.9 Å². The highest BCUT2D eigenvalue weighted by Crippen LogP contribution is 2.26. The van der Waals surface area contributed by atoms with E-state index in [1.165, 1.54) is 6.07 Å². The predicted molar refractivity (Wildman–Crippen MR) is 75.0 cm³/mol. The molecule has 3 rings (SSSR count). The highest BCUT2D eigenvalue weighted by atomic mass is 19.1. The van der Waals surface area contributed by atoms with Gasteiger partial charge in [0.05, 0.1) is 5.69 Å². The molecule has 2 nitrogen and oxygen atoms in total. The zero-order valence-corrected chi connectivity index (χ0v) is 10.3. The number of pyridine rings is 1. The summed E-state index contributed by atoms with van der Waals surface area (Å²) in [6.45, 7) is 0.379. The van der Waals surface area contributed by atoms with E-state index in [-0.39, 0.29) is 5.82 Å². The SMILES string of the molecule is NCc1cc2cccc(F)c2nc1-c1ccccc1. The van der Waals surface area contributed by atoms with E-state index in [2.05, 4.69) is 4.98 Å². The quantitative estimate of drug-likeness (QED) is 0.758. The van der Waals surface area contributed by atoms with Crippen LogP contribution in [0.4, 0.5) is 4.39 Å². The predicted octanol–water partition coefficient (Wildman–Crippen LogP) is 3.50. The molecule has 3 aromatic rings. The van der Waals surface area contributed by atoms with Gasteiger partial charge in [-0.2, -0.15) is 0 Å². The molecule has 0 aliphatic rings. The topological polar surface area (TPSA) is 38.9 Å². The Morgan fingerprint density at radius 2 is 1.79 bits per heavy atom. The number of fused-ring (bicyclic) bond motifs is 1. The largest absolute Gasteiger partial charge is 0.326 e. The molecule has 0 spiro atoms. The molecule has 19 heavy (non-hydrogen) atoms. The second-order valence-corrected chi connectivity index (χ2v) is 4.38. The first kappa shape index (κ1) is 11.8. The molecule has 0 amide bonds. The number of hydrogen-bond donors (Lipinski definition) is 1. The molecule has 0 aliphatic carbocycles. The van der Waals surface area contributed by atoms with Gasteiger partial charge in [-0.1, -0.05) is 42.5 Å². The standard InChI is InChI=1S/C16H13FN2/c17-14-8-4-7-12-9-13(10-18)15(19-16(12)14)11-5-2-1-3-6-11/h1-9H,10,18H2. The summed E-state index contributed by atoms with van der Waals surface area (Å²) in [6.07, 6.45) is 0. The third kappa shape index (κ3) is 2.09. The molecule has 0 saturated heterocycles. The molecule has 0 radical (unpaired) electrons. The van der Waals surface area contributed by atoms with Gasteiger partial charge >= 0.3 is 0 Å². The van der Waals surface area contributed by atoms with Gasteiger partial charge in [0.1, 0.15) is 11.3 Å². The van der Waals surface area contributed by atoms with Crippen LogP contribution in [-0.2, 0) is 6.54 Å². The van der Waals surface area contributed by atoms with Gasteiger partial charge in [0, 0.05) is 17.5 Å². The Labute approximate surface area is 110 Å². The number of aromatic nitrogens is 1. The van der Waals surface area contributed by atoms with Crippen molar-refractivity contribution < 1.29 is 4.39 Å². The van der Waals surface area contributed by atoms with Gasteiger partial charge in [0.15, 0.2) is 0 Å². The van der Waals surface area contributed by atoms with Crippen LogP contribution in [-0.4, -0.2) is 4.98 Å². The summed E-state index contributed by atoms with van der Waals surface area (Å²) in [7, 11) is 0. The van der Waals surface area contributed by atoms with E-state index in [1.807, 2.05) is 42.5 Å². The minimum Gasteiger partial charge on any atom is -0.326 e. The van der Waals surface area contributed by atoms with Gasteiger partial charge in [-0.25, -0.2) is 9.37 Å². The molecule has 0 fully saturated rings. The van der Waals surface area contributed by atoms with Crippen molar-refractivity contribution in [2.24, 2.45) is 5.73 Å². The maximum absolute atomic E-state index is 13.8. The van der Waals surface area contributed by atoms with Gasteiger partial charge in [0.2, 0.25) is 0 Å². The van der Waals surface area contributed by atoms with Crippen LogP contribution in [0, 0.1) is 5.82 Å². The summed E-state index contributed by atoms with van der Waals surface area (Å²) in [6, 6.07) is 16.6. The Kier molecular flexibility index (Phi) is 2.97. The van der Waals surface area contributed by atoms with Crippen molar-refractivity contribution in [1.29, 1.82) is 0 Å². The van der Waals surface area contributed by atoms with Gasteiger partial charge in [-0.15, -0.1) is 0 Å². The van der Waals surface area contributed by atoms with Crippen molar-refractivity contribution in [1.82, 2.24) is 4.98 Å². The Hall–Kier alpha value is -2.26. The van der Waals surface area contributed by atoms with E-state index in [4.69, 9.17) is 5.73 Å². The van der Waals surface area contributed by atoms with E-state index in [1.54, 1.807) is 6.07 Å². The van der Waals surface area contributed by atoms with Crippen molar-refractivity contribution in [3.8, 4) is 11.3 Å². The minimum absolute atomic E-state index is 0.307. The minimum atomic E-state index is -0.307. The molecule has 3 heteroatoms. The monoisotopic (exact) mass is 252 g/mol. The first-order valence-electron chi connectivity index (χ1n) is 6.13. The summed E-state index contributed by atoms with van der Waals surface area (Å²) in [5, 5.41) is 0.778. The van der Waals surface area contributed by atoms with Crippen LogP contribution in [0.5, 0.6) is 0 Å². The lowest BCUT2D eigenvalue weighted by Gasteiger charge is -2.09. The van der Waals surface area contributed by atoms with Crippen LogP contribution in [0.2, 0.25) is 0 Å². The lowest BCUT2D eigenvalue weighted by Crippen LogP contribution is -2.02. The van der Waals surface area contributed by atoms with E-state index < -0.39 is 0 Å². The number of halogens is 1. The maximum atomic E-state index is 13.8. The van der Waals surface area contributed by atoms with Crippen LogP contribution in [0.15, 0.2) is 54.6 Å². The third-order valence-corrected chi connectivity index (χ3v) is 3.14. The number of para-hydroxylation sites is 1. The fourth-order valence-corrected chi connectivity index (χ4v) is 2.21. The second-order valence-electron chi connectivity index (χ2n) is 4.38. The summed E-state index contributed by atoms with van der Waals surface area (Å²) >= 11 is 0. The van der Waals surface area contributed by atoms with E-state index >= 15 is 0 Å². The van der Waals surface area contributed by atoms with Crippen molar-refractivity contribution in [3.63, 3.8) is 0 Å². The fourth-order valence-electron chi connectivity index (χ4n) is 2.21. The summed E-state index contributed by atoms with van der Waals surface area (Å²) in [5.74, 6) is -0.307. The van der Waals surface area contributed by atoms with E-state index in [9.17, 15) is 4.39 Å². The first-order chi connectivity index (χ1) is 9.29.